The number of hydrogen-bond acceptors (Lipinski definition) is 3. The fourth-order valence-corrected chi connectivity index (χ4v) is 2.34. The number of piperidine rings is 1. The van der Waals surface area contributed by atoms with E-state index in [0.717, 1.165) is 25.0 Å². The molecule has 1 unspecified atom stereocenters. The van der Waals surface area contributed by atoms with E-state index >= 15 is 0 Å². The molecule has 0 spiro atoms. The second-order valence-corrected chi connectivity index (χ2v) is 5.52. The summed E-state index contributed by atoms with van der Waals surface area (Å²) in [5.74, 6) is 1.75. The molecule has 0 bridgehead atoms. The highest BCUT2D eigenvalue weighted by Gasteiger charge is 2.15. The fourth-order valence-electron chi connectivity index (χ4n) is 2.34. The van der Waals surface area contributed by atoms with Crippen LogP contribution < -0.4 is 10.6 Å². The van der Waals surface area contributed by atoms with Crippen LogP contribution in [-0.4, -0.2) is 63.8 Å². The molecule has 5 nitrogen and oxygen atoms in total. The zero-order valence-electron chi connectivity index (χ0n) is 12.9. The zero-order valence-corrected chi connectivity index (χ0v) is 12.9. The maximum absolute atomic E-state index is 5.11. The molecule has 5 heteroatoms. The quantitative estimate of drug-likeness (QED) is 0.556. The lowest BCUT2D eigenvalue weighted by molar-refractivity contribution is 0.178. The van der Waals surface area contributed by atoms with Crippen LogP contribution in [0.2, 0.25) is 0 Å². The third kappa shape index (κ3) is 6.78. The number of nitrogens with one attached hydrogen (secondary N) is 2. The van der Waals surface area contributed by atoms with E-state index in [9.17, 15) is 0 Å². The Kier molecular flexibility index (Phi) is 7.82. The number of methoxy groups -OCH3 is 1. The molecule has 0 radical (unpaired) electrons. The number of ether oxygens (including phenoxy) is 1. The lowest BCUT2D eigenvalue weighted by atomic mass is 9.99. The second-order valence-electron chi connectivity index (χ2n) is 5.52. The first-order valence-electron chi connectivity index (χ1n) is 7.34. The predicted molar refractivity (Wildman–Crippen MR) is 80.7 cm³/mol. The molecule has 19 heavy (non-hydrogen) atoms. The van der Waals surface area contributed by atoms with Crippen molar-refractivity contribution in [2.75, 3.05) is 46.9 Å². The van der Waals surface area contributed by atoms with Crippen molar-refractivity contribution in [3.05, 3.63) is 0 Å². The van der Waals surface area contributed by atoms with E-state index in [2.05, 4.69) is 34.4 Å². The molecule has 1 heterocycles. The minimum absolute atomic E-state index is 0.270. The molecular formula is C14H30N4O. The molecule has 0 aliphatic carbocycles. The molecule has 0 amide bonds. The highest BCUT2D eigenvalue weighted by atomic mass is 16.5. The van der Waals surface area contributed by atoms with Gasteiger partial charge < -0.3 is 20.3 Å². The Morgan fingerprint density at radius 1 is 1.42 bits per heavy atom. The Morgan fingerprint density at radius 3 is 2.68 bits per heavy atom. The van der Waals surface area contributed by atoms with Crippen LogP contribution in [0.25, 0.3) is 0 Å². The summed E-state index contributed by atoms with van der Waals surface area (Å²) in [6.07, 6.45) is 2.66. The van der Waals surface area contributed by atoms with E-state index in [1.807, 2.05) is 0 Å². The van der Waals surface area contributed by atoms with Gasteiger partial charge in [-0.05, 0) is 38.8 Å². The van der Waals surface area contributed by atoms with Gasteiger partial charge in [-0.25, -0.2) is 0 Å². The van der Waals surface area contributed by atoms with Gasteiger partial charge in [-0.3, -0.25) is 4.99 Å². The van der Waals surface area contributed by atoms with Crippen LogP contribution in [0.5, 0.6) is 0 Å². The Bertz CT molecular complexity index is 262. The third-order valence-electron chi connectivity index (χ3n) is 3.62. The Hall–Kier alpha value is -0.810. The van der Waals surface area contributed by atoms with Crippen LogP contribution in [-0.2, 0) is 4.74 Å². The molecule has 0 saturated carbocycles. The summed E-state index contributed by atoms with van der Waals surface area (Å²) in [4.78, 5) is 6.75. The molecule has 1 fully saturated rings. The maximum atomic E-state index is 5.11. The summed E-state index contributed by atoms with van der Waals surface area (Å²) in [7, 11) is 3.52. The van der Waals surface area contributed by atoms with Gasteiger partial charge in [0.1, 0.15) is 0 Å². The first-order valence-corrected chi connectivity index (χ1v) is 7.34. The van der Waals surface area contributed by atoms with Gasteiger partial charge in [-0.2, -0.15) is 0 Å². The number of likely N-dealkylation sites (tertiary alicyclic amines) is 1. The summed E-state index contributed by atoms with van der Waals surface area (Å²) >= 11 is 0. The van der Waals surface area contributed by atoms with Crippen molar-refractivity contribution in [1.29, 1.82) is 0 Å². The number of hydrogen-bond donors (Lipinski definition) is 2. The minimum atomic E-state index is 0.270. The van der Waals surface area contributed by atoms with E-state index in [0.29, 0.717) is 6.61 Å². The molecule has 0 aromatic rings. The second kappa shape index (κ2) is 9.15. The molecule has 112 valence electrons. The molecule has 1 rings (SSSR count). The molecule has 2 N–H and O–H groups in total. The number of aliphatic imine (C=N–C) groups is 1. The first-order chi connectivity index (χ1) is 9.15. The summed E-state index contributed by atoms with van der Waals surface area (Å²) < 4.78 is 5.11. The van der Waals surface area contributed by atoms with E-state index < -0.39 is 0 Å². The van der Waals surface area contributed by atoms with Crippen LogP contribution in [0, 0.1) is 5.92 Å². The van der Waals surface area contributed by atoms with Gasteiger partial charge in [0.15, 0.2) is 5.96 Å². The summed E-state index contributed by atoms with van der Waals surface area (Å²) in [6.45, 7) is 9.61. The van der Waals surface area contributed by atoms with Crippen LogP contribution in [0.1, 0.15) is 26.7 Å². The van der Waals surface area contributed by atoms with E-state index in [-0.39, 0.29) is 6.04 Å². The van der Waals surface area contributed by atoms with Crippen molar-refractivity contribution in [1.82, 2.24) is 15.5 Å². The minimum Gasteiger partial charge on any atom is -0.383 e. The molecule has 0 aromatic heterocycles. The van der Waals surface area contributed by atoms with Gasteiger partial charge in [-0.15, -0.1) is 0 Å². The first kappa shape index (κ1) is 16.2. The zero-order chi connectivity index (χ0) is 14.1. The average Bonchev–Trinajstić information content (AvgIpc) is 2.40. The molecule has 1 atom stereocenters. The molecular weight excluding hydrogens is 240 g/mol. The molecule has 1 saturated heterocycles. The van der Waals surface area contributed by atoms with Crippen LogP contribution in [0.15, 0.2) is 4.99 Å². The van der Waals surface area contributed by atoms with Crippen molar-refractivity contribution >= 4 is 5.96 Å². The lowest BCUT2D eigenvalue weighted by Gasteiger charge is -2.30. The Balaban J connectivity index is 2.16. The normalized spacial score (nSPS) is 20.3. The van der Waals surface area contributed by atoms with Gasteiger partial charge in [0.05, 0.1) is 6.61 Å². The summed E-state index contributed by atoms with van der Waals surface area (Å²) in [5.41, 5.74) is 0. The number of nitrogens with zero attached hydrogens (tertiary/aromatic N) is 2. The van der Waals surface area contributed by atoms with Gasteiger partial charge in [0.25, 0.3) is 0 Å². The standard InChI is InChI=1S/C14H30N4O/c1-12-5-8-18(9-6-12)10-7-16-14(15-3)17-13(2)11-19-4/h12-13H,5-11H2,1-4H3,(H2,15,16,17). The van der Waals surface area contributed by atoms with Gasteiger partial charge in [0, 0.05) is 33.3 Å². The molecule has 1 aliphatic rings. The highest BCUT2D eigenvalue weighted by Crippen LogP contribution is 2.14. The van der Waals surface area contributed by atoms with Crippen LogP contribution in [0.4, 0.5) is 0 Å². The van der Waals surface area contributed by atoms with Crippen molar-refractivity contribution < 1.29 is 4.74 Å². The van der Waals surface area contributed by atoms with Crippen molar-refractivity contribution in [3.8, 4) is 0 Å². The summed E-state index contributed by atoms with van der Waals surface area (Å²) in [5, 5.41) is 6.67. The monoisotopic (exact) mass is 270 g/mol. The summed E-state index contributed by atoms with van der Waals surface area (Å²) in [6, 6.07) is 0.270. The van der Waals surface area contributed by atoms with Gasteiger partial charge in [0.2, 0.25) is 0 Å². The molecule has 1 aliphatic heterocycles. The van der Waals surface area contributed by atoms with Gasteiger partial charge in [-0.1, -0.05) is 6.92 Å². The molecule has 0 aromatic carbocycles. The number of rotatable bonds is 6. The third-order valence-corrected chi connectivity index (χ3v) is 3.62. The van der Waals surface area contributed by atoms with Crippen molar-refractivity contribution in [2.24, 2.45) is 10.9 Å². The highest BCUT2D eigenvalue weighted by molar-refractivity contribution is 5.79. The van der Waals surface area contributed by atoms with Crippen molar-refractivity contribution in [3.63, 3.8) is 0 Å². The fraction of sp³-hybridized carbons (Fsp3) is 0.929. The van der Waals surface area contributed by atoms with E-state index in [1.165, 1.54) is 25.9 Å². The van der Waals surface area contributed by atoms with Crippen molar-refractivity contribution in [2.45, 2.75) is 32.7 Å². The SMILES string of the molecule is CN=C(NCCN1CCC(C)CC1)NC(C)COC. The van der Waals surface area contributed by atoms with Gasteiger partial charge >= 0.3 is 0 Å². The van der Waals surface area contributed by atoms with E-state index in [1.54, 1.807) is 14.2 Å². The van der Waals surface area contributed by atoms with E-state index in [4.69, 9.17) is 4.74 Å². The van der Waals surface area contributed by atoms with Crippen LogP contribution >= 0.6 is 0 Å². The Morgan fingerprint density at radius 2 is 2.11 bits per heavy atom. The maximum Gasteiger partial charge on any atom is 0.191 e. The average molecular weight is 270 g/mol. The number of guanidine groups is 1. The Labute approximate surface area is 117 Å². The van der Waals surface area contributed by atoms with Crippen LogP contribution in [0.3, 0.4) is 0 Å². The lowest BCUT2D eigenvalue weighted by Crippen LogP contribution is -2.46. The topological polar surface area (TPSA) is 48.9 Å². The largest absolute Gasteiger partial charge is 0.383 e. The smallest absolute Gasteiger partial charge is 0.191 e. The predicted octanol–water partition coefficient (Wildman–Crippen LogP) is 0.918.